The first-order valence-corrected chi connectivity index (χ1v) is 9.51. The summed E-state index contributed by atoms with van der Waals surface area (Å²) in [6.07, 6.45) is 0.158. The number of anilines is 1. The lowest BCUT2D eigenvalue weighted by Gasteiger charge is -2.35. The van der Waals surface area contributed by atoms with E-state index < -0.39 is 5.97 Å². The van der Waals surface area contributed by atoms with Crippen molar-refractivity contribution in [1.29, 1.82) is 0 Å². The van der Waals surface area contributed by atoms with E-state index >= 15 is 0 Å². The number of ether oxygens (including phenoxy) is 1. The highest BCUT2D eigenvalue weighted by atomic mass is 35.5. The van der Waals surface area contributed by atoms with Crippen LogP contribution in [-0.4, -0.2) is 74.0 Å². The number of benzene rings is 1. The summed E-state index contributed by atoms with van der Waals surface area (Å²) in [5.74, 6) is -1.03. The molecule has 0 aromatic heterocycles. The zero-order valence-electron chi connectivity index (χ0n) is 15.6. The van der Waals surface area contributed by atoms with Crippen molar-refractivity contribution in [3.05, 3.63) is 28.8 Å². The van der Waals surface area contributed by atoms with Crippen LogP contribution in [-0.2, 0) is 14.3 Å². The molecule has 1 unspecified atom stereocenters. The number of halogens is 1. The number of hydrogen-bond acceptors (Lipinski definition) is 5. The van der Waals surface area contributed by atoms with Gasteiger partial charge in [0, 0.05) is 39.1 Å². The quantitative estimate of drug-likeness (QED) is 0.727. The molecule has 1 atom stereocenters. The molecule has 27 heavy (non-hydrogen) atoms. The number of hydrogen-bond donors (Lipinski definition) is 0. The molecule has 0 bridgehead atoms. The fourth-order valence-corrected chi connectivity index (χ4v) is 3.83. The summed E-state index contributed by atoms with van der Waals surface area (Å²) in [6.45, 7) is 6.46. The Morgan fingerprint density at radius 3 is 2.56 bits per heavy atom. The summed E-state index contributed by atoms with van der Waals surface area (Å²) >= 11 is 6.25. The molecule has 2 saturated heterocycles. The van der Waals surface area contributed by atoms with E-state index in [1.54, 1.807) is 18.2 Å². The predicted molar refractivity (Wildman–Crippen MR) is 102 cm³/mol. The van der Waals surface area contributed by atoms with Crippen molar-refractivity contribution in [3.63, 3.8) is 0 Å². The average Bonchev–Trinajstić information content (AvgIpc) is 3.08. The summed E-state index contributed by atoms with van der Waals surface area (Å²) in [5, 5.41) is 0.362. The Balaban J connectivity index is 1.72. The first-order chi connectivity index (χ1) is 12.9. The maximum Gasteiger partial charge on any atom is 0.337 e. The van der Waals surface area contributed by atoms with Crippen LogP contribution in [0.15, 0.2) is 18.2 Å². The molecule has 0 spiro atoms. The van der Waals surface area contributed by atoms with E-state index in [0.29, 0.717) is 29.4 Å². The Morgan fingerprint density at radius 1 is 1.22 bits per heavy atom. The monoisotopic (exact) mass is 393 g/mol. The molecular weight excluding hydrogens is 370 g/mol. The van der Waals surface area contributed by atoms with Crippen molar-refractivity contribution in [2.45, 2.75) is 13.3 Å². The van der Waals surface area contributed by atoms with Crippen molar-refractivity contribution in [3.8, 4) is 0 Å². The molecule has 0 radical (unpaired) electrons. The van der Waals surface area contributed by atoms with E-state index in [-0.39, 0.29) is 30.7 Å². The summed E-state index contributed by atoms with van der Waals surface area (Å²) in [5.41, 5.74) is 0.755. The number of amides is 2. The average molecular weight is 394 g/mol. The Morgan fingerprint density at radius 2 is 1.93 bits per heavy atom. The van der Waals surface area contributed by atoms with Gasteiger partial charge in [-0.2, -0.15) is 0 Å². The van der Waals surface area contributed by atoms with Crippen molar-refractivity contribution < 1.29 is 19.1 Å². The third-order valence-corrected chi connectivity index (χ3v) is 5.58. The van der Waals surface area contributed by atoms with Gasteiger partial charge in [-0.05, 0) is 24.7 Å². The van der Waals surface area contributed by atoms with E-state index in [4.69, 9.17) is 16.3 Å². The van der Waals surface area contributed by atoms with Gasteiger partial charge in [-0.1, -0.05) is 18.5 Å². The minimum Gasteiger partial charge on any atom is -0.465 e. The van der Waals surface area contributed by atoms with Crippen LogP contribution in [0.1, 0.15) is 23.7 Å². The topological polar surface area (TPSA) is 70.2 Å². The number of methoxy groups -OCH3 is 1. The first-order valence-electron chi connectivity index (χ1n) is 9.14. The maximum absolute atomic E-state index is 12.8. The van der Waals surface area contributed by atoms with Gasteiger partial charge < -0.3 is 19.4 Å². The Labute approximate surface area is 163 Å². The molecule has 0 N–H and O–H groups in total. The first kappa shape index (κ1) is 19.6. The van der Waals surface area contributed by atoms with Crippen LogP contribution in [0.2, 0.25) is 5.02 Å². The third-order valence-electron chi connectivity index (χ3n) is 5.26. The largest absolute Gasteiger partial charge is 0.465 e. The SMILES string of the molecule is CCN1CCN(C(=O)C2CC(=O)N(c3cc(C(=O)OC)ccc3Cl)C2)CC1. The normalized spacial score (nSPS) is 20.9. The van der Waals surface area contributed by atoms with Crippen LogP contribution >= 0.6 is 11.6 Å². The van der Waals surface area contributed by atoms with Crippen LogP contribution in [0, 0.1) is 5.92 Å². The lowest BCUT2D eigenvalue weighted by atomic mass is 10.1. The van der Waals surface area contributed by atoms with Crippen LogP contribution in [0.4, 0.5) is 5.69 Å². The lowest BCUT2D eigenvalue weighted by molar-refractivity contribution is -0.137. The molecule has 146 valence electrons. The van der Waals surface area contributed by atoms with Crippen LogP contribution < -0.4 is 4.90 Å². The van der Waals surface area contributed by atoms with Crippen LogP contribution in [0.25, 0.3) is 0 Å². The molecule has 3 rings (SSSR count). The number of carbonyl (C=O) groups excluding carboxylic acids is 3. The highest BCUT2D eigenvalue weighted by molar-refractivity contribution is 6.34. The van der Waals surface area contributed by atoms with E-state index in [9.17, 15) is 14.4 Å². The van der Waals surface area contributed by atoms with Gasteiger partial charge in [-0.15, -0.1) is 0 Å². The van der Waals surface area contributed by atoms with Gasteiger partial charge in [-0.3, -0.25) is 9.59 Å². The van der Waals surface area contributed by atoms with E-state index in [1.807, 2.05) is 4.90 Å². The van der Waals surface area contributed by atoms with Gasteiger partial charge in [-0.25, -0.2) is 4.79 Å². The van der Waals surface area contributed by atoms with Gasteiger partial charge >= 0.3 is 5.97 Å². The van der Waals surface area contributed by atoms with Gasteiger partial charge in [0.15, 0.2) is 0 Å². The van der Waals surface area contributed by atoms with Crippen molar-refractivity contribution in [1.82, 2.24) is 9.80 Å². The summed E-state index contributed by atoms with van der Waals surface area (Å²) < 4.78 is 4.73. The summed E-state index contributed by atoms with van der Waals surface area (Å²) in [6, 6.07) is 4.66. The van der Waals surface area contributed by atoms with Gasteiger partial charge in [0.2, 0.25) is 11.8 Å². The van der Waals surface area contributed by atoms with Gasteiger partial charge in [0.1, 0.15) is 0 Å². The van der Waals surface area contributed by atoms with E-state index in [2.05, 4.69) is 11.8 Å². The van der Waals surface area contributed by atoms with Crippen molar-refractivity contribution >= 4 is 35.1 Å². The fourth-order valence-electron chi connectivity index (χ4n) is 3.61. The highest BCUT2D eigenvalue weighted by Gasteiger charge is 2.38. The fraction of sp³-hybridized carbons (Fsp3) is 0.526. The van der Waals surface area contributed by atoms with E-state index in [1.165, 1.54) is 12.0 Å². The van der Waals surface area contributed by atoms with Gasteiger partial charge in [0.05, 0.1) is 29.3 Å². The Kier molecular flexibility index (Phi) is 6.01. The second-order valence-corrected chi connectivity index (χ2v) is 7.23. The molecule has 0 saturated carbocycles. The molecular formula is C19H24ClN3O4. The molecule has 2 aliphatic heterocycles. The second kappa shape index (κ2) is 8.27. The molecule has 1 aromatic carbocycles. The highest BCUT2D eigenvalue weighted by Crippen LogP contribution is 2.33. The van der Waals surface area contributed by atoms with E-state index in [0.717, 1.165) is 19.6 Å². The third kappa shape index (κ3) is 4.09. The van der Waals surface area contributed by atoms with Crippen molar-refractivity contribution in [2.75, 3.05) is 51.3 Å². The molecule has 8 heteroatoms. The standard InChI is InChI=1S/C19H24ClN3O4/c1-3-21-6-8-22(9-7-21)18(25)14-11-17(24)23(12-14)16-10-13(19(26)27-2)4-5-15(16)20/h4-5,10,14H,3,6-9,11-12H2,1-2H3. The smallest absolute Gasteiger partial charge is 0.337 e. The molecule has 1 aromatic rings. The Bertz CT molecular complexity index is 746. The molecule has 2 heterocycles. The number of carbonyl (C=O) groups is 3. The lowest BCUT2D eigenvalue weighted by Crippen LogP contribution is -2.50. The summed E-state index contributed by atoms with van der Waals surface area (Å²) in [4.78, 5) is 42.8. The minimum atomic E-state index is -0.499. The Hall–Kier alpha value is -2.12. The second-order valence-electron chi connectivity index (χ2n) is 6.82. The molecule has 7 nitrogen and oxygen atoms in total. The number of likely N-dealkylation sites (N-methyl/N-ethyl adjacent to an activating group) is 1. The maximum atomic E-state index is 12.8. The number of rotatable bonds is 4. The zero-order chi connectivity index (χ0) is 19.6. The molecule has 0 aliphatic carbocycles. The van der Waals surface area contributed by atoms with Crippen LogP contribution in [0.3, 0.4) is 0 Å². The number of piperazine rings is 1. The zero-order valence-corrected chi connectivity index (χ0v) is 16.4. The van der Waals surface area contributed by atoms with Crippen LogP contribution in [0.5, 0.6) is 0 Å². The number of esters is 1. The number of nitrogens with zero attached hydrogens (tertiary/aromatic N) is 3. The van der Waals surface area contributed by atoms with Crippen molar-refractivity contribution in [2.24, 2.45) is 5.92 Å². The minimum absolute atomic E-state index is 0.0156. The van der Waals surface area contributed by atoms with Gasteiger partial charge in [0.25, 0.3) is 0 Å². The summed E-state index contributed by atoms with van der Waals surface area (Å²) in [7, 11) is 1.30. The predicted octanol–water partition coefficient (Wildman–Crippen LogP) is 1.64. The molecule has 2 amide bonds. The molecule has 2 aliphatic rings. The molecule has 2 fully saturated rings.